The van der Waals surface area contributed by atoms with E-state index in [1.165, 1.54) is 0 Å². The zero-order chi connectivity index (χ0) is 23.8. The van der Waals surface area contributed by atoms with Crippen LogP contribution in [0.1, 0.15) is 18.2 Å². The van der Waals surface area contributed by atoms with Crippen molar-refractivity contribution in [2.24, 2.45) is 0 Å². The molecule has 0 N–H and O–H groups in total. The van der Waals surface area contributed by atoms with E-state index in [4.69, 9.17) is 28.2 Å². The molecule has 1 saturated heterocycles. The first kappa shape index (κ1) is 22.9. The number of imidazole rings is 1. The van der Waals surface area contributed by atoms with Gasteiger partial charge < -0.3 is 9.30 Å². The highest BCUT2D eigenvalue weighted by Gasteiger charge is 2.22. The molecule has 4 aromatic rings. The number of hydrogen-bond donors (Lipinski definition) is 0. The monoisotopic (exact) mass is 492 g/mol. The summed E-state index contributed by atoms with van der Waals surface area (Å²) in [5, 5.41) is 1.44. The molecule has 1 aliphatic heterocycles. The van der Waals surface area contributed by atoms with Crippen LogP contribution in [0.25, 0.3) is 28.0 Å². The van der Waals surface area contributed by atoms with Crippen molar-refractivity contribution >= 4 is 34.8 Å². The average Bonchev–Trinajstić information content (AvgIpc) is 3.17. The summed E-state index contributed by atoms with van der Waals surface area (Å²) in [5.74, 6) is 0.138. The fourth-order valence-corrected chi connectivity index (χ4v) is 4.98. The lowest BCUT2D eigenvalue weighted by Gasteiger charge is -2.34. The number of benzene rings is 2. The van der Waals surface area contributed by atoms with E-state index < -0.39 is 0 Å². The van der Waals surface area contributed by atoms with Crippen molar-refractivity contribution in [1.29, 1.82) is 0 Å². The minimum absolute atomic E-state index is 0.138. The van der Waals surface area contributed by atoms with Crippen molar-refractivity contribution in [3.8, 4) is 22.4 Å². The van der Waals surface area contributed by atoms with E-state index in [1.807, 2.05) is 41.3 Å². The van der Waals surface area contributed by atoms with Crippen molar-refractivity contribution in [3.05, 3.63) is 82.1 Å². The van der Waals surface area contributed by atoms with Crippen molar-refractivity contribution in [3.63, 3.8) is 0 Å². The molecule has 1 amide bonds. The van der Waals surface area contributed by atoms with Gasteiger partial charge in [0.2, 0.25) is 5.91 Å². The molecule has 0 bridgehead atoms. The van der Waals surface area contributed by atoms with Gasteiger partial charge in [0, 0.05) is 61.5 Å². The predicted octanol–water partition coefficient (Wildman–Crippen LogP) is 5.95. The number of hydrogen-bond acceptors (Lipinski definition) is 3. The summed E-state index contributed by atoms with van der Waals surface area (Å²) in [6, 6.07) is 18.0. The van der Waals surface area contributed by atoms with Crippen molar-refractivity contribution in [1.82, 2.24) is 19.2 Å². The number of rotatable bonds is 4. The highest BCUT2D eigenvalue weighted by Crippen LogP contribution is 2.31. The van der Waals surface area contributed by atoms with Crippen molar-refractivity contribution < 1.29 is 4.79 Å². The van der Waals surface area contributed by atoms with Gasteiger partial charge in [-0.05, 0) is 60.0 Å². The largest absolute Gasteiger partial charge is 0.340 e. The normalized spacial score (nSPS) is 14.6. The second-order valence-corrected chi connectivity index (χ2v) is 9.67. The molecular formula is C27H26Cl2N4O. The maximum atomic E-state index is 11.8. The molecule has 0 saturated carbocycles. The minimum Gasteiger partial charge on any atom is -0.340 e. The Morgan fingerprint density at radius 2 is 1.59 bits per heavy atom. The Kier molecular flexibility index (Phi) is 6.34. The molecule has 174 valence electrons. The van der Waals surface area contributed by atoms with Crippen LogP contribution < -0.4 is 0 Å². The number of carbonyl (C=O) groups is 1. The van der Waals surface area contributed by atoms with Crippen LogP contribution in [0.4, 0.5) is 0 Å². The van der Waals surface area contributed by atoms with Gasteiger partial charge in [0.25, 0.3) is 0 Å². The topological polar surface area (TPSA) is 40.9 Å². The highest BCUT2D eigenvalue weighted by atomic mass is 35.5. The Labute approximate surface area is 209 Å². The summed E-state index contributed by atoms with van der Waals surface area (Å²) in [4.78, 5) is 21.1. The quantitative estimate of drug-likeness (QED) is 0.353. The third-order valence-corrected chi connectivity index (χ3v) is 7.01. The maximum absolute atomic E-state index is 11.8. The van der Waals surface area contributed by atoms with Crippen LogP contribution in [-0.2, 0) is 11.3 Å². The minimum atomic E-state index is 0.138. The van der Waals surface area contributed by atoms with Crippen LogP contribution in [-0.4, -0.2) is 51.3 Å². The lowest BCUT2D eigenvalue weighted by Crippen LogP contribution is -2.47. The summed E-state index contributed by atoms with van der Waals surface area (Å²) in [7, 11) is 0. The van der Waals surface area contributed by atoms with Gasteiger partial charge in [-0.1, -0.05) is 41.4 Å². The standard InChI is InChI=1S/C27H26Cl2N4O/c1-18-15-23(29)8-9-24(18)21-5-10-26-30-27(20-3-6-22(28)7-4-20)25(33(26)16-21)17-31-11-13-32(14-12-31)19(2)34/h3-10,15-16H,11-14,17H2,1-2H3. The van der Waals surface area contributed by atoms with E-state index in [0.717, 1.165) is 77.0 Å². The third kappa shape index (κ3) is 4.56. The fraction of sp³-hybridized carbons (Fsp3) is 0.259. The van der Waals surface area contributed by atoms with Crippen LogP contribution >= 0.6 is 23.2 Å². The van der Waals surface area contributed by atoms with Crippen LogP contribution in [0.2, 0.25) is 10.0 Å². The van der Waals surface area contributed by atoms with Gasteiger partial charge in [-0.2, -0.15) is 0 Å². The van der Waals surface area contributed by atoms with E-state index in [1.54, 1.807) is 6.92 Å². The van der Waals surface area contributed by atoms with Gasteiger partial charge >= 0.3 is 0 Å². The summed E-state index contributed by atoms with van der Waals surface area (Å²) in [6.07, 6.45) is 2.17. The predicted molar refractivity (Wildman–Crippen MR) is 138 cm³/mol. The van der Waals surface area contributed by atoms with Crippen LogP contribution in [0.3, 0.4) is 0 Å². The first-order valence-corrected chi connectivity index (χ1v) is 12.2. The van der Waals surface area contributed by atoms with E-state index in [0.29, 0.717) is 5.02 Å². The molecule has 1 fully saturated rings. The number of fused-ring (bicyclic) bond motifs is 1. The number of halogens is 2. The second kappa shape index (κ2) is 9.41. The van der Waals surface area contributed by atoms with Crippen LogP contribution in [0.15, 0.2) is 60.8 Å². The van der Waals surface area contributed by atoms with Gasteiger partial charge in [-0.25, -0.2) is 4.98 Å². The summed E-state index contributed by atoms with van der Waals surface area (Å²) in [5.41, 5.74) is 7.41. The lowest BCUT2D eigenvalue weighted by atomic mass is 10.0. The number of nitrogens with zero attached hydrogens (tertiary/aromatic N) is 4. The molecule has 0 spiro atoms. The SMILES string of the molecule is CC(=O)N1CCN(Cc2c(-c3ccc(Cl)cc3)nc3ccc(-c4ccc(Cl)cc4C)cn23)CC1. The summed E-state index contributed by atoms with van der Waals surface area (Å²) in [6.45, 7) is 7.63. The van der Waals surface area contributed by atoms with Crippen LogP contribution in [0, 0.1) is 6.92 Å². The molecule has 0 unspecified atom stereocenters. The number of carbonyl (C=O) groups excluding carboxylic acids is 1. The molecular weight excluding hydrogens is 467 g/mol. The van der Waals surface area contributed by atoms with Gasteiger partial charge in [0.1, 0.15) is 5.65 Å². The second-order valence-electron chi connectivity index (χ2n) is 8.80. The van der Waals surface area contributed by atoms with E-state index in [9.17, 15) is 4.79 Å². The van der Waals surface area contributed by atoms with Crippen LogP contribution in [0.5, 0.6) is 0 Å². The number of pyridine rings is 1. The molecule has 7 heteroatoms. The maximum Gasteiger partial charge on any atom is 0.219 e. The van der Waals surface area contributed by atoms with E-state index in [-0.39, 0.29) is 5.91 Å². The molecule has 2 aromatic carbocycles. The summed E-state index contributed by atoms with van der Waals surface area (Å²) >= 11 is 12.3. The smallest absolute Gasteiger partial charge is 0.219 e. The highest BCUT2D eigenvalue weighted by molar-refractivity contribution is 6.31. The molecule has 2 aromatic heterocycles. The number of aryl methyl sites for hydroxylation is 1. The number of piperazine rings is 1. The lowest BCUT2D eigenvalue weighted by molar-refractivity contribution is -0.130. The molecule has 1 aliphatic rings. The average molecular weight is 493 g/mol. The number of amides is 1. The number of aromatic nitrogens is 2. The third-order valence-electron chi connectivity index (χ3n) is 6.53. The van der Waals surface area contributed by atoms with Gasteiger partial charge in [0.05, 0.1) is 11.4 Å². The molecule has 5 rings (SSSR count). The molecule has 5 nitrogen and oxygen atoms in total. The van der Waals surface area contributed by atoms with Crippen molar-refractivity contribution in [2.45, 2.75) is 20.4 Å². The Morgan fingerprint density at radius 3 is 2.26 bits per heavy atom. The Morgan fingerprint density at radius 1 is 0.912 bits per heavy atom. The Bertz CT molecular complexity index is 1360. The van der Waals surface area contributed by atoms with Gasteiger partial charge in [0.15, 0.2) is 0 Å². The van der Waals surface area contributed by atoms with E-state index >= 15 is 0 Å². The molecule has 34 heavy (non-hydrogen) atoms. The van der Waals surface area contributed by atoms with Crippen molar-refractivity contribution in [2.75, 3.05) is 26.2 Å². The summed E-state index contributed by atoms with van der Waals surface area (Å²) < 4.78 is 2.20. The van der Waals surface area contributed by atoms with Gasteiger partial charge in [-0.3, -0.25) is 9.69 Å². The molecule has 0 atom stereocenters. The van der Waals surface area contributed by atoms with E-state index in [2.05, 4.69) is 40.6 Å². The zero-order valence-corrected chi connectivity index (χ0v) is 20.8. The zero-order valence-electron chi connectivity index (χ0n) is 19.3. The first-order valence-electron chi connectivity index (χ1n) is 11.4. The fourth-order valence-electron chi connectivity index (χ4n) is 4.63. The molecule has 0 aliphatic carbocycles. The van der Waals surface area contributed by atoms with Gasteiger partial charge in [-0.15, -0.1) is 0 Å². The first-order chi connectivity index (χ1) is 16.4. The molecule has 3 heterocycles. The Hall–Kier alpha value is -2.86. The molecule has 0 radical (unpaired) electrons. The Balaban J connectivity index is 1.58.